The number of piperazine rings is 3. The van der Waals surface area contributed by atoms with Crippen LogP contribution in [0, 0.1) is 0 Å². The molecule has 21 nitrogen and oxygen atoms in total. The normalized spacial score (nSPS) is 18.3. The van der Waals surface area contributed by atoms with Crippen molar-refractivity contribution < 1.29 is 72.2 Å². The summed E-state index contributed by atoms with van der Waals surface area (Å²) in [4.78, 5) is 94.9. The molecule has 3 aliphatic rings. The first kappa shape index (κ1) is 66.2. The molecule has 3 heterocycles. The minimum atomic E-state index is -0.799. The highest BCUT2D eigenvalue weighted by molar-refractivity contribution is 5.87. The highest BCUT2D eigenvalue weighted by atomic mass is 16.6. The highest BCUT2D eigenvalue weighted by Crippen LogP contribution is 2.22. The molecule has 0 unspecified atom stereocenters. The molecule has 6 amide bonds. The molecule has 0 aromatic heterocycles. The van der Waals surface area contributed by atoms with Gasteiger partial charge < -0.3 is 53.3 Å². The summed E-state index contributed by atoms with van der Waals surface area (Å²) in [6.45, 7) is 23.4. The van der Waals surface area contributed by atoms with E-state index in [9.17, 15) is 43.8 Å². The van der Waals surface area contributed by atoms with Gasteiger partial charge in [-0.1, -0.05) is 98.4 Å². The van der Waals surface area contributed by atoms with Gasteiger partial charge in [0.2, 0.25) is 0 Å². The lowest BCUT2D eigenvalue weighted by molar-refractivity contribution is -0.124. The number of amides is 6. The highest BCUT2D eigenvalue weighted by Gasteiger charge is 2.41. The van der Waals surface area contributed by atoms with E-state index in [-0.39, 0.29) is 78.8 Å². The minimum absolute atomic E-state index is 0. The second kappa shape index (κ2) is 30.3. The maximum absolute atomic E-state index is 12.4. The molecule has 3 aromatic carbocycles. The fraction of sp³-hybridized carbons (Fsp3) is 0.569. The number of Topliss-reactive ketones (excluding diaryl/α,β-unsaturated/α-hetero) is 1. The quantitative estimate of drug-likeness (QED) is 0.191. The van der Waals surface area contributed by atoms with Crippen LogP contribution >= 0.6 is 0 Å². The lowest BCUT2D eigenvalue weighted by Gasteiger charge is -2.42. The fourth-order valence-corrected chi connectivity index (χ4v) is 8.14. The zero-order valence-electron chi connectivity index (χ0n) is 47.4. The number of nitrogens with zero attached hydrogens (tertiary/aromatic N) is 6. The summed E-state index contributed by atoms with van der Waals surface area (Å²) in [6, 6.07) is 26.4. The van der Waals surface area contributed by atoms with Crippen molar-refractivity contribution in [2.24, 2.45) is 0 Å². The molecule has 0 aliphatic carbocycles. The van der Waals surface area contributed by atoms with Crippen LogP contribution in [0.4, 0.5) is 28.8 Å². The van der Waals surface area contributed by atoms with Crippen LogP contribution in [0.15, 0.2) is 91.0 Å². The molecule has 3 fully saturated rings. The Kier molecular flexibility index (Phi) is 25.4. The Bertz CT molecular complexity index is 2300. The molecular formula is C58H86N6O15. The van der Waals surface area contributed by atoms with E-state index in [4.69, 9.17) is 28.4 Å². The zero-order chi connectivity index (χ0) is 58.0. The summed E-state index contributed by atoms with van der Waals surface area (Å²) in [5.41, 5.74) is 0.805. The van der Waals surface area contributed by atoms with E-state index in [2.05, 4.69) is 0 Å². The van der Waals surface area contributed by atoms with E-state index in [0.717, 1.165) is 16.7 Å². The van der Waals surface area contributed by atoms with Crippen molar-refractivity contribution in [1.82, 2.24) is 29.4 Å². The third kappa shape index (κ3) is 22.6. The lowest BCUT2D eigenvalue weighted by atomic mass is 10.1. The molecule has 6 rings (SSSR count). The number of hydrogen-bond acceptors (Lipinski definition) is 15. The van der Waals surface area contributed by atoms with Crippen LogP contribution in [-0.4, -0.2) is 188 Å². The largest absolute Gasteiger partial charge is 0.445 e. The van der Waals surface area contributed by atoms with Crippen molar-refractivity contribution in [3.05, 3.63) is 108 Å². The number of aliphatic hydroxyl groups excluding tert-OH is 2. The van der Waals surface area contributed by atoms with E-state index in [1.807, 2.05) is 91.0 Å². The molecule has 0 radical (unpaired) electrons. The first-order valence-corrected chi connectivity index (χ1v) is 26.2. The minimum Gasteiger partial charge on any atom is -0.445 e. The van der Waals surface area contributed by atoms with Crippen LogP contribution in [0.5, 0.6) is 0 Å². The summed E-state index contributed by atoms with van der Waals surface area (Å²) >= 11 is 0. The second-order valence-electron chi connectivity index (χ2n) is 22.2. The van der Waals surface area contributed by atoms with Crippen molar-refractivity contribution in [2.75, 3.05) is 58.9 Å². The number of ether oxygens (including phenoxy) is 6. The Morgan fingerprint density at radius 1 is 0.443 bits per heavy atom. The van der Waals surface area contributed by atoms with Gasteiger partial charge in [0.15, 0.2) is 5.78 Å². The van der Waals surface area contributed by atoms with Crippen LogP contribution in [0.1, 0.15) is 107 Å². The van der Waals surface area contributed by atoms with Crippen molar-refractivity contribution in [3.8, 4) is 0 Å². The van der Waals surface area contributed by atoms with Gasteiger partial charge in [0.25, 0.3) is 0 Å². The monoisotopic (exact) mass is 1110 g/mol. The van der Waals surface area contributed by atoms with Crippen LogP contribution in [0.3, 0.4) is 0 Å². The topological polar surface area (TPSA) is 235 Å². The number of rotatable bonds is 9. The number of aliphatic hydroxyl groups is 2. The molecule has 5 atom stereocenters. The Morgan fingerprint density at radius 2 is 0.709 bits per heavy atom. The molecule has 3 saturated heterocycles. The van der Waals surface area contributed by atoms with Gasteiger partial charge >= 0.3 is 36.6 Å². The van der Waals surface area contributed by atoms with E-state index >= 15 is 0 Å². The van der Waals surface area contributed by atoms with Gasteiger partial charge in [-0.2, -0.15) is 0 Å². The van der Waals surface area contributed by atoms with Crippen LogP contribution in [0.2, 0.25) is 0 Å². The average molecular weight is 1110 g/mol. The predicted molar refractivity (Wildman–Crippen MR) is 296 cm³/mol. The summed E-state index contributed by atoms with van der Waals surface area (Å²) in [5.74, 6) is -0.198. The number of carbonyl (C=O) groups excluding carboxylic acids is 7. The maximum atomic E-state index is 12.4. The first-order chi connectivity index (χ1) is 36.5. The molecule has 79 heavy (non-hydrogen) atoms. The number of carbonyl (C=O) groups is 7. The molecular weight excluding hydrogens is 1020 g/mol. The van der Waals surface area contributed by atoms with Crippen molar-refractivity contribution in [3.63, 3.8) is 0 Å². The fourth-order valence-electron chi connectivity index (χ4n) is 8.14. The van der Waals surface area contributed by atoms with Crippen LogP contribution in [0.25, 0.3) is 0 Å². The predicted octanol–water partition coefficient (Wildman–Crippen LogP) is 8.72. The van der Waals surface area contributed by atoms with Gasteiger partial charge in [0.05, 0.1) is 30.8 Å². The van der Waals surface area contributed by atoms with Gasteiger partial charge in [0.1, 0.15) is 42.7 Å². The average Bonchev–Trinajstić information content (AvgIpc) is 3.39. The van der Waals surface area contributed by atoms with E-state index in [1.165, 1.54) is 36.3 Å². The van der Waals surface area contributed by atoms with Crippen molar-refractivity contribution >= 4 is 42.3 Å². The molecule has 0 bridgehead atoms. The SMILES string of the molecule is C.CC(=O)[C@H]1CN(C(=O)OCc2ccccc2)CCN1C(=O)OC(C)(C)C.C[C@@H](O)[C@H]1CN(C(=O)OCc2ccccc2)CCN1C(=O)OC(C)(C)C.C[C@H](O)[C@H]1CN(C(=O)OCc2ccccc2)CCN1C(=O)OC(C)(C)C. The number of benzene rings is 3. The Hall–Kier alpha value is -7.13. The van der Waals surface area contributed by atoms with Crippen LogP contribution in [-0.2, 0) is 53.0 Å². The summed E-state index contributed by atoms with van der Waals surface area (Å²) in [7, 11) is 0. The third-order valence-electron chi connectivity index (χ3n) is 12.1. The standard InChI is InChI=1S/2C19H28N2O5.C19H26N2O5.CH4/c3*1-14(22)16-12-20(10-11-21(16)18(24)26-19(2,3)4)17(23)25-13-15-8-6-5-7-9-15;/h2*5-9,14,16,22H,10-13H2,1-4H3;5-9,16H,10-13H2,1-4H3;1H4/t14-,16+;14-,16-;16-;/m011./s1. The molecule has 0 saturated carbocycles. The van der Waals surface area contributed by atoms with E-state index in [0.29, 0.717) is 13.1 Å². The smallest absolute Gasteiger partial charge is 0.411 e. The van der Waals surface area contributed by atoms with Gasteiger partial charge in [-0.3, -0.25) is 19.5 Å². The number of ketones is 1. The first-order valence-electron chi connectivity index (χ1n) is 26.2. The number of hydrogen-bond donors (Lipinski definition) is 2. The molecule has 3 aliphatic heterocycles. The zero-order valence-corrected chi connectivity index (χ0v) is 47.4. The van der Waals surface area contributed by atoms with Gasteiger partial charge in [0, 0.05) is 52.4 Å². The van der Waals surface area contributed by atoms with Gasteiger partial charge in [-0.05, 0) is 99.8 Å². The van der Waals surface area contributed by atoms with E-state index < -0.39 is 83.7 Å². The second-order valence-corrected chi connectivity index (χ2v) is 22.2. The molecule has 21 heteroatoms. The Morgan fingerprint density at radius 3 is 0.975 bits per heavy atom. The molecule has 2 N–H and O–H groups in total. The lowest BCUT2D eigenvalue weighted by Crippen LogP contribution is -2.60. The summed E-state index contributed by atoms with van der Waals surface area (Å²) in [5, 5.41) is 20.1. The van der Waals surface area contributed by atoms with Gasteiger partial charge in [-0.25, -0.2) is 28.8 Å². The summed E-state index contributed by atoms with van der Waals surface area (Å²) in [6.07, 6.45) is -4.52. The summed E-state index contributed by atoms with van der Waals surface area (Å²) < 4.78 is 32.2. The van der Waals surface area contributed by atoms with Crippen LogP contribution < -0.4 is 0 Å². The maximum Gasteiger partial charge on any atom is 0.411 e. The Labute approximate surface area is 466 Å². The molecule has 0 spiro atoms. The van der Waals surface area contributed by atoms with Crippen molar-refractivity contribution in [2.45, 2.75) is 157 Å². The van der Waals surface area contributed by atoms with E-state index in [1.54, 1.807) is 76.2 Å². The van der Waals surface area contributed by atoms with Gasteiger partial charge in [-0.15, -0.1) is 0 Å². The Balaban J connectivity index is 0.000000309. The third-order valence-corrected chi connectivity index (χ3v) is 12.1. The molecule has 438 valence electrons. The van der Waals surface area contributed by atoms with Crippen molar-refractivity contribution in [1.29, 1.82) is 0 Å². The molecule has 3 aromatic rings.